The van der Waals surface area contributed by atoms with Crippen molar-refractivity contribution in [3.63, 3.8) is 0 Å². The molecule has 20 heavy (non-hydrogen) atoms. The Morgan fingerprint density at radius 3 is 2.70 bits per heavy atom. The fourth-order valence-electron chi connectivity index (χ4n) is 2.74. The molecule has 2 unspecified atom stereocenters. The van der Waals surface area contributed by atoms with Crippen LogP contribution in [0, 0.1) is 0 Å². The zero-order valence-corrected chi connectivity index (χ0v) is 12.5. The summed E-state index contributed by atoms with van der Waals surface area (Å²) < 4.78 is 7.73. The van der Waals surface area contributed by atoms with Crippen LogP contribution in [0.1, 0.15) is 26.1 Å². The number of hydrazine groups is 1. The molecule has 5 heteroatoms. The lowest BCUT2D eigenvalue weighted by Gasteiger charge is -2.24. The molecule has 2 rings (SSSR count). The first-order chi connectivity index (χ1) is 9.74. The molecule has 1 aromatic carbocycles. The SMILES string of the molecule is CCC(OC)C(Cc1nc2ccccc2n1CC)NN. The van der Waals surface area contributed by atoms with Crippen molar-refractivity contribution in [3.05, 3.63) is 30.1 Å². The van der Waals surface area contributed by atoms with E-state index in [9.17, 15) is 0 Å². The van der Waals surface area contributed by atoms with Crippen LogP contribution in [0.4, 0.5) is 0 Å². The number of para-hydroxylation sites is 2. The quantitative estimate of drug-likeness (QED) is 0.598. The van der Waals surface area contributed by atoms with Gasteiger partial charge in [0.25, 0.3) is 0 Å². The Morgan fingerprint density at radius 1 is 1.35 bits per heavy atom. The van der Waals surface area contributed by atoms with E-state index in [-0.39, 0.29) is 12.1 Å². The zero-order chi connectivity index (χ0) is 14.5. The van der Waals surface area contributed by atoms with Gasteiger partial charge in [0, 0.05) is 20.1 Å². The van der Waals surface area contributed by atoms with Gasteiger partial charge in [-0.05, 0) is 25.5 Å². The van der Waals surface area contributed by atoms with Crippen molar-refractivity contribution in [1.82, 2.24) is 15.0 Å². The lowest BCUT2D eigenvalue weighted by Crippen LogP contribution is -2.46. The maximum absolute atomic E-state index is 5.69. The van der Waals surface area contributed by atoms with Gasteiger partial charge in [-0.25, -0.2) is 4.98 Å². The second-order valence-electron chi connectivity index (χ2n) is 4.92. The number of hydrogen-bond acceptors (Lipinski definition) is 4. The van der Waals surface area contributed by atoms with Crippen molar-refractivity contribution < 1.29 is 4.74 Å². The van der Waals surface area contributed by atoms with Gasteiger partial charge in [0.2, 0.25) is 0 Å². The van der Waals surface area contributed by atoms with E-state index in [1.807, 2.05) is 18.2 Å². The van der Waals surface area contributed by atoms with Crippen molar-refractivity contribution in [2.24, 2.45) is 5.84 Å². The lowest BCUT2D eigenvalue weighted by atomic mass is 10.1. The number of nitrogens with one attached hydrogen (secondary N) is 1. The summed E-state index contributed by atoms with van der Waals surface area (Å²) in [5.41, 5.74) is 5.08. The molecule has 0 saturated heterocycles. The standard InChI is InChI=1S/C15H24N4O/c1-4-14(20-3)12(18-16)10-15-17-11-8-6-7-9-13(11)19(15)5-2/h6-9,12,14,18H,4-5,10,16H2,1-3H3. The molecule has 110 valence electrons. The summed E-state index contributed by atoms with van der Waals surface area (Å²) in [6, 6.07) is 8.27. The third-order valence-electron chi connectivity index (χ3n) is 3.82. The van der Waals surface area contributed by atoms with Crippen LogP contribution in [0.3, 0.4) is 0 Å². The Morgan fingerprint density at radius 2 is 2.10 bits per heavy atom. The number of ether oxygens (including phenoxy) is 1. The number of rotatable bonds is 7. The summed E-state index contributed by atoms with van der Waals surface area (Å²) in [6.07, 6.45) is 1.76. The Labute approximate surface area is 120 Å². The highest BCUT2D eigenvalue weighted by Gasteiger charge is 2.21. The number of aryl methyl sites for hydroxylation is 1. The molecule has 0 amide bonds. The first-order valence-electron chi connectivity index (χ1n) is 7.18. The maximum atomic E-state index is 5.69. The van der Waals surface area contributed by atoms with E-state index in [1.54, 1.807) is 7.11 Å². The summed E-state index contributed by atoms with van der Waals surface area (Å²) in [4.78, 5) is 4.73. The van der Waals surface area contributed by atoms with Gasteiger partial charge in [-0.2, -0.15) is 0 Å². The normalized spacial score (nSPS) is 14.6. The van der Waals surface area contributed by atoms with Gasteiger partial charge in [0.1, 0.15) is 5.82 Å². The molecule has 0 radical (unpaired) electrons. The highest BCUT2D eigenvalue weighted by atomic mass is 16.5. The van der Waals surface area contributed by atoms with Gasteiger partial charge in [0.05, 0.1) is 23.2 Å². The minimum atomic E-state index is 0.0621. The highest BCUT2D eigenvalue weighted by Crippen LogP contribution is 2.18. The monoisotopic (exact) mass is 276 g/mol. The van der Waals surface area contributed by atoms with E-state index in [0.29, 0.717) is 0 Å². The van der Waals surface area contributed by atoms with E-state index < -0.39 is 0 Å². The van der Waals surface area contributed by atoms with Gasteiger partial charge < -0.3 is 9.30 Å². The van der Waals surface area contributed by atoms with E-state index in [2.05, 4.69) is 29.9 Å². The van der Waals surface area contributed by atoms with Crippen LogP contribution in [0.5, 0.6) is 0 Å². The van der Waals surface area contributed by atoms with Crippen molar-refractivity contribution >= 4 is 11.0 Å². The van der Waals surface area contributed by atoms with Gasteiger partial charge in [-0.15, -0.1) is 0 Å². The largest absolute Gasteiger partial charge is 0.380 e. The number of nitrogens with two attached hydrogens (primary N) is 1. The minimum Gasteiger partial charge on any atom is -0.380 e. The molecule has 5 nitrogen and oxygen atoms in total. The van der Waals surface area contributed by atoms with Crippen molar-refractivity contribution in [2.75, 3.05) is 7.11 Å². The molecule has 0 saturated carbocycles. The van der Waals surface area contributed by atoms with E-state index in [4.69, 9.17) is 15.6 Å². The summed E-state index contributed by atoms with van der Waals surface area (Å²) in [5.74, 6) is 6.74. The maximum Gasteiger partial charge on any atom is 0.111 e. The minimum absolute atomic E-state index is 0.0621. The molecule has 1 aromatic heterocycles. The molecule has 3 N–H and O–H groups in total. The predicted octanol–water partition coefficient (Wildman–Crippen LogP) is 1.86. The Balaban J connectivity index is 2.32. The fraction of sp³-hybridized carbons (Fsp3) is 0.533. The molecule has 1 heterocycles. The van der Waals surface area contributed by atoms with Gasteiger partial charge >= 0.3 is 0 Å². The first-order valence-corrected chi connectivity index (χ1v) is 7.18. The second-order valence-corrected chi connectivity index (χ2v) is 4.92. The highest BCUT2D eigenvalue weighted by molar-refractivity contribution is 5.75. The lowest BCUT2D eigenvalue weighted by molar-refractivity contribution is 0.0645. The third-order valence-corrected chi connectivity index (χ3v) is 3.82. The molecule has 0 aliphatic carbocycles. The van der Waals surface area contributed by atoms with Crippen molar-refractivity contribution in [3.8, 4) is 0 Å². The second kappa shape index (κ2) is 6.83. The number of benzene rings is 1. The van der Waals surface area contributed by atoms with E-state index >= 15 is 0 Å². The van der Waals surface area contributed by atoms with Gasteiger partial charge in [-0.1, -0.05) is 19.1 Å². The average molecular weight is 276 g/mol. The molecule has 0 bridgehead atoms. The van der Waals surface area contributed by atoms with Crippen molar-refractivity contribution in [1.29, 1.82) is 0 Å². The number of nitrogens with zero attached hydrogens (tertiary/aromatic N) is 2. The molecule has 0 fully saturated rings. The van der Waals surface area contributed by atoms with Crippen LogP contribution in [0.15, 0.2) is 24.3 Å². The topological polar surface area (TPSA) is 65.1 Å². The van der Waals surface area contributed by atoms with Crippen LogP contribution in [0.25, 0.3) is 11.0 Å². The number of fused-ring (bicyclic) bond motifs is 1. The molecule has 0 spiro atoms. The van der Waals surface area contributed by atoms with Gasteiger partial charge in [0.15, 0.2) is 0 Å². The van der Waals surface area contributed by atoms with Crippen LogP contribution in [-0.2, 0) is 17.7 Å². The van der Waals surface area contributed by atoms with Crippen LogP contribution in [0.2, 0.25) is 0 Å². The number of aromatic nitrogens is 2. The van der Waals surface area contributed by atoms with Gasteiger partial charge in [-0.3, -0.25) is 11.3 Å². The first kappa shape index (κ1) is 15.0. The van der Waals surface area contributed by atoms with Crippen molar-refractivity contribution in [2.45, 2.75) is 45.4 Å². The number of methoxy groups -OCH3 is 1. The molecule has 0 aliphatic heterocycles. The number of imidazole rings is 1. The Bertz CT molecular complexity index is 548. The smallest absolute Gasteiger partial charge is 0.111 e. The molecular weight excluding hydrogens is 252 g/mol. The molecule has 2 atom stereocenters. The summed E-state index contributed by atoms with van der Waals surface area (Å²) in [7, 11) is 1.72. The van der Waals surface area contributed by atoms with E-state index in [0.717, 1.165) is 30.7 Å². The molecular formula is C15H24N4O. The summed E-state index contributed by atoms with van der Waals surface area (Å²) in [6.45, 7) is 5.13. The third kappa shape index (κ3) is 2.85. The van der Waals surface area contributed by atoms with Crippen LogP contribution in [-0.4, -0.2) is 28.8 Å². The Kier molecular flexibility index (Phi) is 5.11. The van der Waals surface area contributed by atoms with Crippen LogP contribution >= 0.6 is 0 Å². The summed E-state index contributed by atoms with van der Waals surface area (Å²) >= 11 is 0. The average Bonchev–Trinajstić information content (AvgIpc) is 2.84. The van der Waals surface area contributed by atoms with Crippen LogP contribution < -0.4 is 11.3 Å². The molecule has 0 aliphatic rings. The van der Waals surface area contributed by atoms with E-state index in [1.165, 1.54) is 5.52 Å². The zero-order valence-electron chi connectivity index (χ0n) is 12.5. The fourth-order valence-corrected chi connectivity index (χ4v) is 2.74. The summed E-state index contributed by atoms with van der Waals surface area (Å²) in [5, 5.41) is 0. The molecule has 2 aromatic rings. The predicted molar refractivity (Wildman–Crippen MR) is 81.3 cm³/mol. The number of hydrogen-bond donors (Lipinski definition) is 2. The Hall–Kier alpha value is -1.43.